The highest BCUT2D eigenvalue weighted by Gasteiger charge is 2.24. The van der Waals surface area contributed by atoms with E-state index < -0.39 is 0 Å². The van der Waals surface area contributed by atoms with E-state index in [-0.39, 0.29) is 0 Å². The number of hydrogen-bond acceptors (Lipinski definition) is 4. The molecule has 1 N–H and O–H groups in total. The summed E-state index contributed by atoms with van der Waals surface area (Å²) in [4.78, 5) is 1.42. The molecule has 0 spiro atoms. The van der Waals surface area contributed by atoms with Crippen molar-refractivity contribution in [1.29, 1.82) is 0 Å². The number of thioether (sulfide) groups is 1. The molecule has 0 amide bonds. The molecule has 16 heavy (non-hydrogen) atoms. The van der Waals surface area contributed by atoms with Crippen molar-refractivity contribution < 1.29 is 4.74 Å². The maximum absolute atomic E-state index is 5.35. The van der Waals surface area contributed by atoms with Gasteiger partial charge in [-0.1, -0.05) is 18.2 Å². The van der Waals surface area contributed by atoms with Crippen molar-refractivity contribution in [2.75, 3.05) is 32.1 Å². The number of ether oxygens (including phenoxy) is 1. The molecular weight excluding hydrogens is 220 g/mol. The number of nitrogens with zero attached hydrogens (tertiary/aromatic N) is 1. The van der Waals surface area contributed by atoms with Crippen LogP contribution in [0.2, 0.25) is 0 Å². The Kier molecular flexibility index (Phi) is 3.15. The predicted molar refractivity (Wildman–Crippen MR) is 65.4 cm³/mol. The Labute approximate surface area is 100 Å². The quantitative estimate of drug-likeness (QED) is 0.844. The van der Waals surface area contributed by atoms with E-state index in [0.29, 0.717) is 6.04 Å². The standard InChI is InChI=1S/C12H16N2OS/c1-2-4-12-10(3-1)11(9-16-12)13-14-5-7-15-8-6-14/h1-4,11,13H,5-9H2. The first kappa shape index (κ1) is 10.6. The largest absolute Gasteiger partial charge is 0.379 e. The Hall–Kier alpha value is -0.550. The summed E-state index contributed by atoms with van der Waals surface area (Å²) in [6.07, 6.45) is 0. The molecule has 86 valence electrons. The summed E-state index contributed by atoms with van der Waals surface area (Å²) in [5, 5.41) is 2.29. The number of benzene rings is 1. The molecule has 1 unspecified atom stereocenters. The van der Waals surface area contributed by atoms with Gasteiger partial charge in [0.05, 0.1) is 19.3 Å². The zero-order chi connectivity index (χ0) is 10.8. The molecule has 0 aliphatic carbocycles. The lowest BCUT2D eigenvalue weighted by Gasteiger charge is -2.30. The van der Waals surface area contributed by atoms with Gasteiger partial charge in [0.15, 0.2) is 0 Å². The summed E-state index contributed by atoms with van der Waals surface area (Å²) in [5.41, 5.74) is 5.05. The van der Waals surface area contributed by atoms with E-state index in [0.717, 1.165) is 32.1 Å². The SMILES string of the molecule is c1ccc2c(c1)SCC2NN1CCOCC1. The summed E-state index contributed by atoms with van der Waals surface area (Å²) in [6.45, 7) is 3.66. The number of fused-ring (bicyclic) bond motifs is 1. The Bertz CT molecular complexity index is 366. The Balaban J connectivity index is 1.68. The van der Waals surface area contributed by atoms with E-state index in [4.69, 9.17) is 4.74 Å². The molecule has 1 atom stereocenters. The van der Waals surface area contributed by atoms with Gasteiger partial charge in [-0.15, -0.1) is 11.8 Å². The highest BCUT2D eigenvalue weighted by Crippen LogP contribution is 2.37. The molecule has 2 aliphatic heterocycles. The van der Waals surface area contributed by atoms with Gasteiger partial charge in [0, 0.05) is 23.7 Å². The van der Waals surface area contributed by atoms with Gasteiger partial charge in [0.1, 0.15) is 0 Å². The smallest absolute Gasteiger partial charge is 0.0608 e. The zero-order valence-electron chi connectivity index (χ0n) is 9.19. The minimum Gasteiger partial charge on any atom is -0.379 e. The van der Waals surface area contributed by atoms with Gasteiger partial charge < -0.3 is 4.74 Å². The fourth-order valence-corrected chi connectivity index (χ4v) is 3.33. The normalized spacial score (nSPS) is 25.6. The van der Waals surface area contributed by atoms with Crippen LogP contribution in [0.1, 0.15) is 11.6 Å². The van der Waals surface area contributed by atoms with E-state index in [9.17, 15) is 0 Å². The topological polar surface area (TPSA) is 24.5 Å². The molecule has 1 saturated heterocycles. The molecule has 0 aromatic heterocycles. The van der Waals surface area contributed by atoms with Gasteiger partial charge in [-0.25, -0.2) is 10.4 Å². The third-order valence-electron chi connectivity index (χ3n) is 3.05. The third-order valence-corrected chi connectivity index (χ3v) is 4.23. The molecule has 3 rings (SSSR count). The van der Waals surface area contributed by atoms with Crippen LogP contribution in [-0.2, 0) is 4.74 Å². The highest BCUT2D eigenvalue weighted by atomic mass is 32.2. The fourth-order valence-electron chi connectivity index (χ4n) is 2.18. The third kappa shape index (κ3) is 2.11. The lowest BCUT2D eigenvalue weighted by molar-refractivity contribution is 0.00530. The van der Waals surface area contributed by atoms with Gasteiger partial charge in [-0.3, -0.25) is 0 Å². The average Bonchev–Trinajstić information content (AvgIpc) is 2.74. The monoisotopic (exact) mass is 236 g/mol. The van der Waals surface area contributed by atoms with Gasteiger partial charge in [-0.2, -0.15) is 0 Å². The first-order valence-electron chi connectivity index (χ1n) is 5.74. The molecule has 1 aromatic carbocycles. The van der Waals surface area contributed by atoms with Crippen LogP contribution in [0, 0.1) is 0 Å². The first-order valence-corrected chi connectivity index (χ1v) is 6.72. The summed E-state index contributed by atoms with van der Waals surface area (Å²) >= 11 is 1.94. The number of rotatable bonds is 2. The van der Waals surface area contributed by atoms with Crippen molar-refractivity contribution in [3.8, 4) is 0 Å². The highest BCUT2D eigenvalue weighted by molar-refractivity contribution is 7.99. The van der Waals surface area contributed by atoms with Crippen LogP contribution >= 0.6 is 11.8 Å². The van der Waals surface area contributed by atoms with Crippen LogP contribution in [-0.4, -0.2) is 37.1 Å². The molecular formula is C12H16N2OS. The number of morpholine rings is 1. The maximum Gasteiger partial charge on any atom is 0.0608 e. The maximum atomic E-state index is 5.35. The van der Waals surface area contributed by atoms with Crippen molar-refractivity contribution >= 4 is 11.8 Å². The molecule has 0 bridgehead atoms. The van der Waals surface area contributed by atoms with Crippen LogP contribution in [0.4, 0.5) is 0 Å². The van der Waals surface area contributed by atoms with Crippen LogP contribution in [0.3, 0.4) is 0 Å². The van der Waals surface area contributed by atoms with Gasteiger partial charge >= 0.3 is 0 Å². The number of hydrogen-bond donors (Lipinski definition) is 1. The van der Waals surface area contributed by atoms with E-state index in [1.807, 2.05) is 11.8 Å². The van der Waals surface area contributed by atoms with Gasteiger partial charge in [0.2, 0.25) is 0 Å². The molecule has 1 fully saturated rings. The van der Waals surface area contributed by atoms with Crippen molar-refractivity contribution in [1.82, 2.24) is 10.4 Å². The lowest BCUT2D eigenvalue weighted by atomic mass is 10.1. The first-order chi connectivity index (χ1) is 7.93. The van der Waals surface area contributed by atoms with Crippen LogP contribution < -0.4 is 5.43 Å². The van der Waals surface area contributed by atoms with Gasteiger partial charge in [0.25, 0.3) is 0 Å². The Morgan fingerprint density at radius 3 is 2.94 bits per heavy atom. The van der Waals surface area contributed by atoms with E-state index in [1.54, 1.807) is 0 Å². The van der Waals surface area contributed by atoms with Crippen molar-refractivity contribution in [2.45, 2.75) is 10.9 Å². The van der Waals surface area contributed by atoms with Crippen molar-refractivity contribution in [2.24, 2.45) is 0 Å². The van der Waals surface area contributed by atoms with E-state index in [2.05, 4.69) is 34.7 Å². The molecule has 2 aliphatic rings. The Morgan fingerprint density at radius 1 is 1.25 bits per heavy atom. The predicted octanol–water partition coefficient (Wildman–Crippen LogP) is 1.67. The molecule has 3 nitrogen and oxygen atoms in total. The van der Waals surface area contributed by atoms with Crippen molar-refractivity contribution in [3.05, 3.63) is 29.8 Å². The van der Waals surface area contributed by atoms with E-state index in [1.165, 1.54) is 10.5 Å². The zero-order valence-corrected chi connectivity index (χ0v) is 10.0. The lowest BCUT2D eigenvalue weighted by Crippen LogP contribution is -2.47. The second-order valence-corrected chi connectivity index (χ2v) is 5.19. The van der Waals surface area contributed by atoms with Crippen LogP contribution in [0.25, 0.3) is 0 Å². The second kappa shape index (κ2) is 4.75. The summed E-state index contributed by atoms with van der Waals surface area (Å²) in [7, 11) is 0. The van der Waals surface area contributed by atoms with Gasteiger partial charge in [-0.05, 0) is 11.6 Å². The minimum atomic E-state index is 0.472. The molecule has 0 radical (unpaired) electrons. The number of hydrazine groups is 1. The second-order valence-electron chi connectivity index (χ2n) is 4.13. The van der Waals surface area contributed by atoms with Crippen LogP contribution in [0.15, 0.2) is 29.2 Å². The van der Waals surface area contributed by atoms with E-state index >= 15 is 0 Å². The van der Waals surface area contributed by atoms with Crippen molar-refractivity contribution in [3.63, 3.8) is 0 Å². The summed E-state index contributed by atoms with van der Waals surface area (Å²) in [5.74, 6) is 1.14. The molecule has 2 heterocycles. The fraction of sp³-hybridized carbons (Fsp3) is 0.500. The summed E-state index contributed by atoms with van der Waals surface area (Å²) < 4.78 is 5.35. The molecule has 4 heteroatoms. The minimum absolute atomic E-state index is 0.472. The number of nitrogens with one attached hydrogen (secondary N) is 1. The molecule has 0 saturated carbocycles. The summed E-state index contributed by atoms with van der Waals surface area (Å²) in [6, 6.07) is 9.15. The molecule has 1 aromatic rings. The Morgan fingerprint density at radius 2 is 2.06 bits per heavy atom. The average molecular weight is 236 g/mol. The van der Waals surface area contributed by atoms with Crippen LogP contribution in [0.5, 0.6) is 0 Å².